The van der Waals surface area contributed by atoms with Crippen LogP contribution in [-0.2, 0) is 29.9 Å². The fourth-order valence-corrected chi connectivity index (χ4v) is 6.75. The maximum Gasteiger partial charge on any atom is 0.243 e. The molecule has 0 saturated carbocycles. The van der Waals surface area contributed by atoms with Crippen LogP contribution in [0.25, 0.3) is 0 Å². The maximum atomic E-state index is 12.8. The van der Waals surface area contributed by atoms with Crippen LogP contribution in [0.3, 0.4) is 0 Å². The van der Waals surface area contributed by atoms with Crippen LogP contribution < -0.4 is 5.14 Å². The minimum absolute atomic E-state index is 0.0655. The highest BCUT2D eigenvalue weighted by atomic mass is 32.2. The van der Waals surface area contributed by atoms with Crippen LogP contribution >= 0.6 is 0 Å². The highest BCUT2D eigenvalue weighted by Crippen LogP contribution is 2.28. The predicted octanol–water partition coefficient (Wildman–Crippen LogP) is 0.571. The van der Waals surface area contributed by atoms with Crippen LogP contribution in [0.15, 0.2) is 69.3 Å². The Labute approximate surface area is 158 Å². The Bertz CT molecular complexity index is 1140. The van der Waals surface area contributed by atoms with Gasteiger partial charge in [-0.15, -0.1) is 0 Å². The van der Waals surface area contributed by atoms with Gasteiger partial charge < -0.3 is 0 Å². The molecule has 0 aromatic heterocycles. The van der Waals surface area contributed by atoms with Crippen molar-refractivity contribution < 1.29 is 25.3 Å². The predicted molar refractivity (Wildman–Crippen MR) is 98.6 cm³/mol. The molecule has 27 heavy (non-hydrogen) atoms. The molecule has 11 heteroatoms. The highest BCUT2D eigenvalue weighted by molar-refractivity contribution is 7.92. The van der Waals surface area contributed by atoms with Gasteiger partial charge in [0.1, 0.15) is 0 Å². The lowest BCUT2D eigenvalue weighted by Gasteiger charge is -2.17. The molecule has 2 aromatic carbocycles. The van der Waals surface area contributed by atoms with Crippen LogP contribution in [-0.4, -0.2) is 47.9 Å². The van der Waals surface area contributed by atoms with Crippen molar-refractivity contribution in [2.45, 2.75) is 26.4 Å². The first-order valence-electron chi connectivity index (χ1n) is 7.95. The molecule has 146 valence electrons. The Kier molecular flexibility index (Phi) is 5.16. The number of sulfonamides is 2. The quantitative estimate of drug-likeness (QED) is 0.738. The SMILES string of the molecule is NS(=O)(=O)c1ccc(S(=O)(=O)N2CCC(S(=O)(=O)c3ccccc3)C2)cc1. The molecule has 0 aliphatic carbocycles. The van der Waals surface area contributed by atoms with Crippen LogP contribution in [0.1, 0.15) is 6.42 Å². The molecule has 8 nitrogen and oxygen atoms in total. The second kappa shape index (κ2) is 6.99. The molecule has 0 radical (unpaired) electrons. The third kappa shape index (κ3) is 3.92. The summed E-state index contributed by atoms with van der Waals surface area (Å²) in [4.78, 5) is -0.160. The molecule has 0 bridgehead atoms. The van der Waals surface area contributed by atoms with Crippen LogP contribution in [0, 0.1) is 0 Å². The Morgan fingerprint density at radius 1 is 0.778 bits per heavy atom. The summed E-state index contributed by atoms with van der Waals surface area (Å²) in [5.41, 5.74) is 0. The first kappa shape index (κ1) is 20.0. The van der Waals surface area contributed by atoms with E-state index < -0.39 is 35.1 Å². The van der Waals surface area contributed by atoms with Crippen LogP contribution in [0.2, 0.25) is 0 Å². The number of nitrogens with zero attached hydrogens (tertiary/aromatic N) is 1. The molecule has 2 N–H and O–H groups in total. The van der Waals surface area contributed by atoms with Gasteiger partial charge in [0.15, 0.2) is 9.84 Å². The van der Waals surface area contributed by atoms with Gasteiger partial charge in [-0.05, 0) is 42.8 Å². The average molecular weight is 431 g/mol. The summed E-state index contributed by atoms with van der Waals surface area (Å²) in [5.74, 6) is 0. The topological polar surface area (TPSA) is 132 Å². The summed E-state index contributed by atoms with van der Waals surface area (Å²) in [5, 5.41) is 4.17. The van der Waals surface area contributed by atoms with E-state index >= 15 is 0 Å². The number of hydrogen-bond donors (Lipinski definition) is 1. The van der Waals surface area contributed by atoms with Gasteiger partial charge in [-0.2, -0.15) is 4.31 Å². The van der Waals surface area contributed by atoms with Gasteiger partial charge in [0.05, 0.1) is 19.9 Å². The third-order valence-corrected chi connectivity index (χ3v) is 9.41. The van der Waals surface area contributed by atoms with Crippen molar-refractivity contribution in [3.63, 3.8) is 0 Å². The fraction of sp³-hybridized carbons (Fsp3) is 0.250. The minimum Gasteiger partial charge on any atom is -0.225 e. The summed E-state index contributed by atoms with van der Waals surface area (Å²) in [7, 11) is -11.5. The lowest BCUT2D eigenvalue weighted by Crippen LogP contribution is -2.32. The van der Waals surface area contributed by atoms with Gasteiger partial charge in [-0.1, -0.05) is 18.2 Å². The number of nitrogens with two attached hydrogens (primary N) is 1. The van der Waals surface area contributed by atoms with E-state index in [9.17, 15) is 25.3 Å². The maximum absolute atomic E-state index is 12.8. The standard InChI is InChI=1S/C16H18N2O6S3/c17-26(21,22)14-6-8-15(9-7-14)27(23,24)18-11-10-16(12-18)25(19,20)13-4-2-1-3-5-13/h1-9,16H,10-12H2,(H2,17,21,22). The van der Waals surface area contributed by atoms with E-state index in [2.05, 4.69) is 0 Å². The molecular formula is C16H18N2O6S3. The Balaban J connectivity index is 1.84. The van der Waals surface area contributed by atoms with Gasteiger partial charge in [-0.25, -0.2) is 30.4 Å². The van der Waals surface area contributed by atoms with Crippen LogP contribution in [0.5, 0.6) is 0 Å². The first-order chi connectivity index (χ1) is 12.5. The van der Waals surface area contributed by atoms with Crippen molar-refractivity contribution in [3.05, 3.63) is 54.6 Å². The molecule has 1 aliphatic rings. The van der Waals surface area contributed by atoms with Crippen LogP contribution in [0.4, 0.5) is 0 Å². The normalized spacial score (nSPS) is 19.2. The van der Waals surface area contributed by atoms with Crippen molar-refractivity contribution in [2.24, 2.45) is 5.14 Å². The second-order valence-corrected chi connectivity index (χ2v) is 11.9. The summed E-state index contributed by atoms with van der Waals surface area (Å²) >= 11 is 0. The number of benzene rings is 2. The van der Waals surface area contributed by atoms with E-state index in [-0.39, 0.29) is 34.2 Å². The molecule has 1 heterocycles. The summed E-state index contributed by atoms with van der Waals surface area (Å²) < 4.78 is 74.6. The zero-order valence-electron chi connectivity index (χ0n) is 14.1. The molecule has 0 amide bonds. The smallest absolute Gasteiger partial charge is 0.225 e. The molecular weight excluding hydrogens is 412 g/mol. The van der Waals surface area contributed by atoms with Crippen molar-refractivity contribution in [2.75, 3.05) is 13.1 Å². The fourth-order valence-electron chi connectivity index (χ4n) is 2.92. The molecule has 0 spiro atoms. The highest BCUT2D eigenvalue weighted by Gasteiger charge is 2.39. The summed E-state index contributed by atoms with van der Waals surface area (Å²) in [6.45, 7) is -0.0908. The molecule has 1 fully saturated rings. The first-order valence-corrected chi connectivity index (χ1v) is 12.5. The molecule has 1 atom stereocenters. The zero-order chi connectivity index (χ0) is 19.9. The molecule has 3 rings (SSSR count). The molecule has 2 aromatic rings. The van der Waals surface area contributed by atoms with E-state index in [0.717, 1.165) is 28.6 Å². The minimum atomic E-state index is -3.94. The lowest BCUT2D eigenvalue weighted by molar-refractivity contribution is 0.476. The van der Waals surface area contributed by atoms with Crippen molar-refractivity contribution >= 4 is 29.9 Å². The molecule has 1 aliphatic heterocycles. The Hall–Kier alpha value is -1.79. The number of rotatable bonds is 5. The third-order valence-electron chi connectivity index (χ3n) is 4.41. The second-order valence-electron chi connectivity index (χ2n) is 6.15. The van der Waals surface area contributed by atoms with E-state index in [1.165, 1.54) is 12.1 Å². The lowest BCUT2D eigenvalue weighted by atomic mass is 10.4. The van der Waals surface area contributed by atoms with E-state index in [0.29, 0.717) is 0 Å². The van der Waals surface area contributed by atoms with Crippen molar-refractivity contribution in [1.82, 2.24) is 4.31 Å². The average Bonchev–Trinajstić information content (AvgIpc) is 3.14. The summed E-state index contributed by atoms with van der Waals surface area (Å²) in [6, 6.07) is 12.4. The largest absolute Gasteiger partial charge is 0.243 e. The van der Waals surface area contributed by atoms with Gasteiger partial charge in [-0.3, -0.25) is 0 Å². The van der Waals surface area contributed by atoms with Gasteiger partial charge in [0.25, 0.3) is 0 Å². The van der Waals surface area contributed by atoms with E-state index in [1.807, 2.05) is 0 Å². The zero-order valence-corrected chi connectivity index (χ0v) is 16.5. The molecule has 1 saturated heterocycles. The Morgan fingerprint density at radius 2 is 1.33 bits per heavy atom. The number of hydrogen-bond acceptors (Lipinski definition) is 6. The Morgan fingerprint density at radius 3 is 1.89 bits per heavy atom. The van der Waals surface area contributed by atoms with Crippen molar-refractivity contribution in [1.29, 1.82) is 0 Å². The number of primary sulfonamides is 1. The van der Waals surface area contributed by atoms with Gasteiger partial charge >= 0.3 is 0 Å². The number of sulfone groups is 1. The van der Waals surface area contributed by atoms with Crippen molar-refractivity contribution in [3.8, 4) is 0 Å². The van der Waals surface area contributed by atoms with Gasteiger partial charge in [0.2, 0.25) is 20.0 Å². The molecule has 1 unspecified atom stereocenters. The van der Waals surface area contributed by atoms with E-state index in [4.69, 9.17) is 5.14 Å². The van der Waals surface area contributed by atoms with Gasteiger partial charge in [0, 0.05) is 13.1 Å². The van der Waals surface area contributed by atoms with E-state index in [1.54, 1.807) is 18.2 Å². The summed E-state index contributed by atoms with van der Waals surface area (Å²) in [6.07, 6.45) is 0.186. The monoisotopic (exact) mass is 430 g/mol.